The van der Waals surface area contributed by atoms with E-state index < -0.39 is 0 Å². The highest BCUT2D eigenvalue weighted by Crippen LogP contribution is 2.31. The molecular formula is C25H27N3O2. The number of carbonyl (C=O) groups excluding carboxylic acids is 1. The van der Waals surface area contributed by atoms with E-state index in [1.54, 1.807) is 12.1 Å². The van der Waals surface area contributed by atoms with Gasteiger partial charge in [0.2, 0.25) is 5.91 Å². The van der Waals surface area contributed by atoms with Gasteiger partial charge in [-0.25, -0.2) is 4.68 Å². The van der Waals surface area contributed by atoms with E-state index in [1.807, 2.05) is 23.0 Å². The number of rotatable bonds is 4. The second-order valence-corrected chi connectivity index (χ2v) is 8.47. The molecule has 0 saturated carbocycles. The van der Waals surface area contributed by atoms with Crippen LogP contribution in [0.2, 0.25) is 0 Å². The van der Waals surface area contributed by atoms with Crippen molar-refractivity contribution in [2.24, 2.45) is 0 Å². The molecule has 3 aromatic rings. The Morgan fingerprint density at radius 2 is 1.83 bits per heavy atom. The highest BCUT2D eigenvalue weighted by molar-refractivity contribution is 5.79. The first-order chi connectivity index (χ1) is 14.7. The minimum absolute atomic E-state index is 0.00439. The van der Waals surface area contributed by atoms with Crippen molar-refractivity contribution in [3.8, 4) is 11.4 Å². The monoisotopic (exact) mass is 401 g/mol. The van der Waals surface area contributed by atoms with Crippen LogP contribution in [0, 0.1) is 0 Å². The van der Waals surface area contributed by atoms with Crippen LogP contribution in [0.25, 0.3) is 5.69 Å². The zero-order chi connectivity index (χ0) is 20.5. The van der Waals surface area contributed by atoms with E-state index in [0.29, 0.717) is 6.42 Å². The average Bonchev–Trinajstić information content (AvgIpc) is 3.19. The summed E-state index contributed by atoms with van der Waals surface area (Å²) in [6.45, 7) is 0. The first kappa shape index (κ1) is 18.9. The first-order valence-electron chi connectivity index (χ1n) is 10.9. The Kier molecular flexibility index (Phi) is 5.03. The van der Waals surface area contributed by atoms with Crippen LogP contribution in [0.5, 0.6) is 5.75 Å². The lowest BCUT2D eigenvalue weighted by molar-refractivity contribution is -0.121. The number of aryl methyl sites for hydroxylation is 2. The van der Waals surface area contributed by atoms with E-state index in [9.17, 15) is 9.90 Å². The molecule has 2 aliphatic carbocycles. The van der Waals surface area contributed by atoms with Gasteiger partial charge in [-0.05, 0) is 85.9 Å². The molecule has 1 heterocycles. The second-order valence-electron chi connectivity index (χ2n) is 8.47. The van der Waals surface area contributed by atoms with Crippen molar-refractivity contribution >= 4 is 5.91 Å². The molecule has 0 aliphatic heterocycles. The number of nitrogens with one attached hydrogen (secondary N) is 1. The zero-order valence-corrected chi connectivity index (χ0v) is 17.1. The molecule has 0 radical (unpaired) electrons. The van der Waals surface area contributed by atoms with Gasteiger partial charge in [-0.2, -0.15) is 5.10 Å². The van der Waals surface area contributed by atoms with Gasteiger partial charge in [0.15, 0.2) is 0 Å². The predicted octanol–water partition coefficient (Wildman–Crippen LogP) is 4.19. The quantitative estimate of drug-likeness (QED) is 0.689. The van der Waals surface area contributed by atoms with Crippen molar-refractivity contribution < 1.29 is 9.90 Å². The molecule has 2 N–H and O–H groups in total. The topological polar surface area (TPSA) is 67.2 Å². The fourth-order valence-corrected chi connectivity index (χ4v) is 4.85. The van der Waals surface area contributed by atoms with Crippen molar-refractivity contribution in [2.45, 2.75) is 57.4 Å². The summed E-state index contributed by atoms with van der Waals surface area (Å²) in [6.07, 6.45) is 10.0. The number of amides is 1. The van der Waals surface area contributed by atoms with E-state index in [2.05, 4.69) is 28.6 Å². The van der Waals surface area contributed by atoms with Crippen LogP contribution < -0.4 is 5.32 Å². The molecule has 1 unspecified atom stereocenters. The normalized spacial score (nSPS) is 17.8. The lowest BCUT2D eigenvalue weighted by Crippen LogP contribution is -2.32. The van der Waals surface area contributed by atoms with E-state index in [1.165, 1.54) is 24.0 Å². The molecule has 30 heavy (non-hydrogen) atoms. The molecule has 2 aromatic carbocycles. The lowest BCUT2D eigenvalue weighted by atomic mass is 9.89. The molecule has 5 rings (SSSR count). The number of phenolic OH excluding ortho intramolecular Hbond substituents is 1. The summed E-state index contributed by atoms with van der Waals surface area (Å²) < 4.78 is 1.93. The van der Waals surface area contributed by atoms with Crippen molar-refractivity contribution in [1.29, 1.82) is 0 Å². The molecule has 1 atom stereocenters. The number of phenols is 1. The van der Waals surface area contributed by atoms with Crippen molar-refractivity contribution in [3.05, 3.63) is 76.6 Å². The van der Waals surface area contributed by atoms with Gasteiger partial charge >= 0.3 is 0 Å². The molecular weight excluding hydrogens is 374 g/mol. The molecule has 2 aliphatic rings. The fraction of sp³-hybridized carbons (Fsp3) is 0.360. The number of fused-ring (bicyclic) bond motifs is 2. The van der Waals surface area contributed by atoms with E-state index in [-0.39, 0.29) is 17.7 Å². The number of hydrogen-bond donors (Lipinski definition) is 2. The molecule has 0 saturated heterocycles. The van der Waals surface area contributed by atoms with Gasteiger partial charge in [-0.15, -0.1) is 0 Å². The Hall–Kier alpha value is -3.08. The van der Waals surface area contributed by atoms with Gasteiger partial charge in [-0.3, -0.25) is 4.79 Å². The summed E-state index contributed by atoms with van der Waals surface area (Å²) in [4.78, 5) is 12.8. The average molecular weight is 402 g/mol. The summed E-state index contributed by atoms with van der Waals surface area (Å²) >= 11 is 0. The maximum Gasteiger partial charge on any atom is 0.224 e. The van der Waals surface area contributed by atoms with Gasteiger partial charge < -0.3 is 10.4 Å². The van der Waals surface area contributed by atoms with Gasteiger partial charge in [0.1, 0.15) is 5.75 Å². The van der Waals surface area contributed by atoms with Crippen LogP contribution in [0.3, 0.4) is 0 Å². The maximum absolute atomic E-state index is 12.8. The number of aromatic hydroxyl groups is 1. The fourth-order valence-electron chi connectivity index (χ4n) is 4.85. The highest BCUT2D eigenvalue weighted by Gasteiger charge is 2.26. The maximum atomic E-state index is 12.8. The van der Waals surface area contributed by atoms with E-state index in [4.69, 9.17) is 0 Å². The highest BCUT2D eigenvalue weighted by atomic mass is 16.3. The molecule has 5 heteroatoms. The lowest BCUT2D eigenvalue weighted by Gasteiger charge is -2.24. The summed E-state index contributed by atoms with van der Waals surface area (Å²) in [5, 5.41) is 17.4. The summed E-state index contributed by atoms with van der Waals surface area (Å²) in [6, 6.07) is 13.6. The Labute approximate surface area is 176 Å². The molecule has 0 bridgehead atoms. The third-order valence-corrected chi connectivity index (χ3v) is 6.39. The number of hydrogen-bond acceptors (Lipinski definition) is 3. The van der Waals surface area contributed by atoms with Gasteiger partial charge in [-0.1, -0.05) is 18.2 Å². The largest absolute Gasteiger partial charge is 0.508 e. The van der Waals surface area contributed by atoms with Gasteiger partial charge in [0.25, 0.3) is 0 Å². The minimum atomic E-state index is 0.00439. The Morgan fingerprint density at radius 1 is 1.03 bits per heavy atom. The molecule has 154 valence electrons. The van der Waals surface area contributed by atoms with Gasteiger partial charge in [0, 0.05) is 11.3 Å². The second kappa shape index (κ2) is 7.98. The molecule has 0 fully saturated rings. The van der Waals surface area contributed by atoms with Crippen molar-refractivity contribution in [2.75, 3.05) is 0 Å². The van der Waals surface area contributed by atoms with E-state index in [0.717, 1.165) is 54.6 Å². The van der Waals surface area contributed by atoms with Crippen LogP contribution >= 0.6 is 0 Å². The summed E-state index contributed by atoms with van der Waals surface area (Å²) in [7, 11) is 0. The molecule has 1 aromatic heterocycles. The van der Waals surface area contributed by atoms with Crippen LogP contribution in [0.4, 0.5) is 0 Å². The Bertz CT molecular complexity index is 1070. The first-order valence-corrected chi connectivity index (χ1v) is 10.9. The predicted molar refractivity (Wildman–Crippen MR) is 116 cm³/mol. The van der Waals surface area contributed by atoms with Crippen LogP contribution in [-0.2, 0) is 30.5 Å². The summed E-state index contributed by atoms with van der Waals surface area (Å²) in [5.74, 6) is 0.313. The third kappa shape index (κ3) is 3.72. The number of aromatic nitrogens is 2. The van der Waals surface area contributed by atoms with Crippen LogP contribution in [0.15, 0.2) is 48.7 Å². The minimum Gasteiger partial charge on any atom is -0.508 e. The SMILES string of the molecule is O=C(Cc1ccc2c(c1)CCCC2)NC1CCCc2c1cnn2-c1ccc(O)cc1. The molecule has 0 spiro atoms. The number of carbonyl (C=O) groups is 1. The number of benzene rings is 2. The van der Waals surface area contributed by atoms with Crippen LogP contribution in [0.1, 0.15) is 59.7 Å². The van der Waals surface area contributed by atoms with E-state index >= 15 is 0 Å². The molecule has 1 amide bonds. The summed E-state index contributed by atoms with van der Waals surface area (Å²) in [5.41, 5.74) is 7.14. The standard InChI is InChI=1S/C25H27N3O2/c29-21-12-10-20(11-13-21)28-24-7-3-6-23(22(24)16-26-28)27-25(30)15-17-8-9-18-4-1-2-5-19(18)14-17/h8-14,16,23,29H,1-7,15H2,(H,27,30). The zero-order valence-electron chi connectivity index (χ0n) is 17.1. The Balaban J connectivity index is 1.31. The number of nitrogens with zero attached hydrogens (tertiary/aromatic N) is 2. The smallest absolute Gasteiger partial charge is 0.224 e. The Morgan fingerprint density at radius 3 is 2.67 bits per heavy atom. The van der Waals surface area contributed by atoms with Crippen molar-refractivity contribution in [1.82, 2.24) is 15.1 Å². The third-order valence-electron chi connectivity index (χ3n) is 6.39. The molecule has 5 nitrogen and oxygen atoms in total. The van der Waals surface area contributed by atoms with Crippen LogP contribution in [-0.4, -0.2) is 20.8 Å². The van der Waals surface area contributed by atoms with Gasteiger partial charge in [0.05, 0.1) is 24.3 Å². The van der Waals surface area contributed by atoms with Crippen molar-refractivity contribution in [3.63, 3.8) is 0 Å².